The highest BCUT2D eigenvalue weighted by Gasteiger charge is 2.22. The zero-order valence-electron chi connectivity index (χ0n) is 27.2. The summed E-state index contributed by atoms with van der Waals surface area (Å²) in [6.45, 7) is 13.8. The third kappa shape index (κ3) is 26.8. The number of carbonyl (C=O) groups excluding carboxylic acids is 3. The maximum atomic E-state index is 11.5. The Hall–Kier alpha value is -2.05. The predicted octanol–water partition coefficient (Wildman–Crippen LogP) is 0.419. The van der Waals surface area contributed by atoms with E-state index in [2.05, 4.69) is 0 Å². The lowest BCUT2D eigenvalue weighted by atomic mass is 10.2. The first-order chi connectivity index (χ1) is 21.8. The SMILES string of the molecule is CC(C)(C)OC(=O)COCCOCCOCCOCCOCCOCCOCCOCCOCCOCCN1C(=O)C=CC1=O. The van der Waals surface area contributed by atoms with Crippen LogP contribution in [0.4, 0.5) is 0 Å². The normalized spacial score (nSPS) is 13.4. The van der Waals surface area contributed by atoms with Gasteiger partial charge in [-0.3, -0.25) is 14.5 Å². The second kappa shape index (κ2) is 28.2. The summed E-state index contributed by atoms with van der Waals surface area (Å²) in [6.07, 6.45) is 2.50. The Morgan fingerprint density at radius 3 is 1.04 bits per heavy atom. The van der Waals surface area contributed by atoms with Gasteiger partial charge in [0.05, 0.1) is 132 Å². The quantitative estimate of drug-likeness (QED) is 0.0560. The van der Waals surface area contributed by atoms with E-state index in [1.165, 1.54) is 12.2 Å². The van der Waals surface area contributed by atoms with Crippen molar-refractivity contribution in [2.75, 3.05) is 139 Å². The molecule has 0 fully saturated rings. The van der Waals surface area contributed by atoms with Crippen molar-refractivity contribution >= 4 is 17.8 Å². The van der Waals surface area contributed by atoms with Crippen molar-refractivity contribution in [2.24, 2.45) is 0 Å². The number of hydrogen-bond acceptors (Lipinski definition) is 14. The van der Waals surface area contributed by atoms with E-state index in [4.69, 9.17) is 52.1 Å². The average Bonchev–Trinajstić information content (AvgIpc) is 3.31. The molecule has 0 unspecified atom stereocenters. The van der Waals surface area contributed by atoms with Gasteiger partial charge in [0.2, 0.25) is 0 Å². The van der Waals surface area contributed by atoms with E-state index in [0.29, 0.717) is 119 Å². The van der Waals surface area contributed by atoms with E-state index in [9.17, 15) is 14.4 Å². The molecule has 0 aromatic heterocycles. The lowest BCUT2D eigenvalue weighted by Gasteiger charge is -2.19. The molecule has 0 N–H and O–H groups in total. The molecule has 0 aliphatic carbocycles. The molecule has 1 aliphatic rings. The summed E-state index contributed by atoms with van der Waals surface area (Å²) in [5, 5.41) is 0. The third-order valence-corrected chi connectivity index (χ3v) is 5.35. The van der Waals surface area contributed by atoms with E-state index >= 15 is 0 Å². The highest BCUT2D eigenvalue weighted by atomic mass is 16.6. The van der Waals surface area contributed by atoms with E-state index in [1.807, 2.05) is 20.8 Å². The van der Waals surface area contributed by atoms with Gasteiger partial charge in [-0.25, -0.2) is 4.79 Å². The molecule has 15 heteroatoms. The van der Waals surface area contributed by atoms with Gasteiger partial charge in [0.1, 0.15) is 12.2 Å². The maximum absolute atomic E-state index is 11.5. The number of rotatable bonds is 32. The number of hydrogen-bond donors (Lipinski definition) is 0. The Bertz CT molecular complexity index is 771. The molecule has 0 atom stereocenters. The van der Waals surface area contributed by atoms with Crippen LogP contribution in [0.2, 0.25) is 0 Å². The van der Waals surface area contributed by atoms with Crippen LogP contribution in [0.3, 0.4) is 0 Å². The summed E-state index contributed by atoms with van der Waals surface area (Å²) in [6, 6.07) is 0. The van der Waals surface area contributed by atoms with Crippen LogP contribution in [0.15, 0.2) is 12.2 Å². The van der Waals surface area contributed by atoms with Gasteiger partial charge in [0, 0.05) is 12.2 Å². The summed E-state index contributed by atoms with van der Waals surface area (Å²) in [4.78, 5) is 35.4. The molecule has 0 bridgehead atoms. The highest BCUT2D eigenvalue weighted by Crippen LogP contribution is 2.06. The monoisotopic (exact) mass is 651 g/mol. The molecule has 0 aromatic carbocycles. The highest BCUT2D eigenvalue weighted by molar-refractivity contribution is 6.12. The van der Waals surface area contributed by atoms with Gasteiger partial charge in [-0.1, -0.05) is 0 Å². The Balaban J connectivity index is 1.65. The van der Waals surface area contributed by atoms with Crippen LogP contribution >= 0.6 is 0 Å². The fourth-order valence-electron chi connectivity index (χ4n) is 3.31. The van der Waals surface area contributed by atoms with Crippen LogP contribution in [0.25, 0.3) is 0 Å². The molecule has 2 amide bonds. The first kappa shape index (κ1) is 41.0. The van der Waals surface area contributed by atoms with Crippen LogP contribution in [-0.4, -0.2) is 167 Å². The minimum Gasteiger partial charge on any atom is -0.458 e. The summed E-state index contributed by atoms with van der Waals surface area (Å²) >= 11 is 0. The fraction of sp³-hybridized carbons (Fsp3) is 0.833. The molecule has 1 aliphatic heterocycles. The molecule has 262 valence electrons. The van der Waals surface area contributed by atoms with Gasteiger partial charge in [-0.2, -0.15) is 0 Å². The maximum Gasteiger partial charge on any atom is 0.332 e. The number of esters is 1. The average molecular weight is 652 g/mol. The molecule has 0 saturated carbocycles. The molecule has 45 heavy (non-hydrogen) atoms. The van der Waals surface area contributed by atoms with E-state index in [-0.39, 0.29) is 31.6 Å². The second-order valence-electron chi connectivity index (χ2n) is 10.3. The van der Waals surface area contributed by atoms with Gasteiger partial charge >= 0.3 is 5.97 Å². The summed E-state index contributed by atoms with van der Waals surface area (Å²) < 4.78 is 59.1. The molecule has 0 spiro atoms. The molecule has 1 rings (SSSR count). The number of imide groups is 1. The number of carbonyl (C=O) groups is 3. The summed E-state index contributed by atoms with van der Waals surface area (Å²) in [7, 11) is 0. The van der Waals surface area contributed by atoms with Gasteiger partial charge in [-0.05, 0) is 20.8 Å². The molecular weight excluding hydrogens is 598 g/mol. The van der Waals surface area contributed by atoms with Gasteiger partial charge in [-0.15, -0.1) is 0 Å². The van der Waals surface area contributed by atoms with E-state index in [1.54, 1.807) is 0 Å². The van der Waals surface area contributed by atoms with Crippen LogP contribution in [0, 0.1) is 0 Å². The number of amides is 2. The Kier molecular flexibility index (Phi) is 25.7. The van der Waals surface area contributed by atoms with Gasteiger partial charge < -0.3 is 52.1 Å². The minimum atomic E-state index is -0.516. The Labute approximate surface area is 266 Å². The lowest BCUT2D eigenvalue weighted by molar-refractivity contribution is -0.160. The van der Waals surface area contributed by atoms with Crippen molar-refractivity contribution in [2.45, 2.75) is 26.4 Å². The smallest absolute Gasteiger partial charge is 0.332 e. The van der Waals surface area contributed by atoms with Crippen molar-refractivity contribution in [1.82, 2.24) is 4.90 Å². The first-order valence-electron chi connectivity index (χ1n) is 15.3. The largest absolute Gasteiger partial charge is 0.458 e. The van der Waals surface area contributed by atoms with Crippen molar-refractivity contribution < 1.29 is 66.5 Å². The van der Waals surface area contributed by atoms with Gasteiger partial charge in [0.15, 0.2) is 0 Å². The predicted molar refractivity (Wildman–Crippen MR) is 160 cm³/mol. The summed E-state index contributed by atoms with van der Waals surface area (Å²) in [5.41, 5.74) is -0.516. The molecule has 0 saturated heterocycles. The first-order valence-corrected chi connectivity index (χ1v) is 15.3. The van der Waals surface area contributed by atoms with Crippen LogP contribution in [-0.2, 0) is 66.5 Å². The topological polar surface area (TPSA) is 156 Å². The van der Waals surface area contributed by atoms with Crippen molar-refractivity contribution in [3.8, 4) is 0 Å². The third-order valence-electron chi connectivity index (χ3n) is 5.35. The van der Waals surface area contributed by atoms with E-state index < -0.39 is 11.6 Å². The van der Waals surface area contributed by atoms with Gasteiger partial charge in [0.25, 0.3) is 11.8 Å². The fourth-order valence-corrected chi connectivity index (χ4v) is 3.31. The number of nitrogens with zero attached hydrogens (tertiary/aromatic N) is 1. The summed E-state index contributed by atoms with van der Waals surface area (Å²) in [5.74, 6) is -1.01. The van der Waals surface area contributed by atoms with Crippen molar-refractivity contribution in [1.29, 1.82) is 0 Å². The van der Waals surface area contributed by atoms with Crippen molar-refractivity contribution in [3.05, 3.63) is 12.2 Å². The van der Waals surface area contributed by atoms with Crippen LogP contribution < -0.4 is 0 Å². The lowest BCUT2D eigenvalue weighted by Crippen LogP contribution is -2.33. The Morgan fingerprint density at radius 2 is 0.756 bits per heavy atom. The standard InChI is InChI=1S/C30H53NO14/c1-30(2,3)45-29(34)26-44-25-24-43-23-22-42-21-20-41-19-18-40-17-16-39-15-14-38-13-12-37-11-10-36-9-8-35-7-6-31-27(32)4-5-28(31)33/h4-5H,6-26H2,1-3H3. The molecule has 15 nitrogen and oxygen atoms in total. The minimum absolute atomic E-state index is 0.0896. The molecule has 0 aromatic rings. The van der Waals surface area contributed by atoms with Crippen molar-refractivity contribution in [3.63, 3.8) is 0 Å². The van der Waals surface area contributed by atoms with Crippen LogP contribution in [0.1, 0.15) is 20.8 Å². The number of ether oxygens (including phenoxy) is 11. The zero-order valence-corrected chi connectivity index (χ0v) is 27.2. The zero-order chi connectivity index (χ0) is 32.9. The Morgan fingerprint density at radius 1 is 0.489 bits per heavy atom. The molecule has 1 heterocycles. The van der Waals surface area contributed by atoms with E-state index in [0.717, 1.165) is 4.90 Å². The molecule has 0 radical (unpaired) electrons. The second-order valence-corrected chi connectivity index (χ2v) is 10.3. The molecular formula is C30H53NO14. The van der Waals surface area contributed by atoms with Crippen LogP contribution in [0.5, 0.6) is 0 Å².